The Morgan fingerprint density at radius 1 is 0.696 bits per heavy atom. The fraction of sp³-hybridized carbons (Fsp3) is 0.0909. The van der Waals surface area contributed by atoms with Gasteiger partial charge in [0.25, 0.3) is 0 Å². The molecule has 112 valence electrons. The zero-order valence-corrected chi connectivity index (χ0v) is 13.2. The Kier molecular flexibility index (Phi) is 3.47. The molecule has 0 aliphatic rings. The maximum absolute atomic E-state index is 3.62. The van der Waals surface area contributed by atoms with Crippen LogP contribution in [0.1, 0.15) is 28.3 Å². The predicted molar refractivity (Wildman–Crippen MR) is 96.9 cm³/mol. The lowest BCUT2D eigenvalue weighted by atomic mass is 9.88. The molecule has 0 atom stereocenters. The van der Waals surface area contributed by atoms with E-state index in [1.165, 1.54) is 33.3 Å². The van der Waals surface area contributed by atoms with Crippen LogP contribution in [0.4, 0.5) is 0 Å². The van der Waals surface area contributed by atoms with Crippen LogP contribution >= 0.6 is 0 Å². The molecule has 23 heavy (non-hydrogen) atoms. The van der Waals surface area contributed by atoms with Crippen LogP contribution < -0.4 is 0 Å². The van der Waals surface area contributed by atoms with Gasteiger partial charge in [0, 0.05) is 17.1 Å². The summed E-state index contributed by atoms with van der Waals surface area (Å²) in [6, 6.07) is 30.2. The van der Waals surface area contributed by atoms with Gasteiger partial charge in [0.1, 0.15) is 0 Å². The van der Waals surface area contributed by atoms with Crippen molar-refractivity contribution in [1.82, 2.24) is 4.98 Å². The van der Waals surface area contributed by atoms with Crippen molar-refractivity contribution < 1.29 is 0 Å². The first kappa shape index (κ1) is 13.8. The van der Waals surface area contributed by atoms with Gasteiger partial charge in [-0.2, -0.15) is 0 Å². The van der Waals surface area contributed by atoms with E-state index in [-0.39, 0.29) is 5.92 Å². The molecule has 1 heterocycles. The van der Waals surface area contributed by atoms with E-state index >= 15 is 0 Å². The van der Waals surface area contributed by atoms with Crippen molar-refractivity contribution in [1.29, 1.82) is 0 Å². The Balaban J connectivity index is 1.90. The first-order valence-electron chi connectivity index (χ1n) is 8.00. The van der Waals surface area contributed by atoms with Gasteiger partial charge in [0.15, 0.2) is 0 Å². The molecule has 0 saturated carbocycles. The minimum atomic E-state index is 0.227. The van der Waals surface area contributed by atoms with Gasteiger partial charge in [0.2, 0.25) is 0 Å². The standard InChI is InChI=1S/C22H19N/c1-16-12-13-20-19(14-16)15-21(23-20)22(17-8-4-2-5-9-17)18-10-6-3-7-11-18/h2-15,22-23H,1H3. The molecule has 0 aliphatic heterocycles. The van der Waals surface area contributed by atoms with Crippen molar-refractivity contribution in [3.63, 3.8) is 0 Å². The van der Waals surface area contributed by atoms with Crippen molar-refractivity contribution in [2.75, 3.05) is 0 Å². The molecule has 4 rings (SSSR count). The fourth-order valence-corrected chi connectivity index (χ4v) is 3.27. The van der Waals surface area contributed by atoms with E-state index in [4.69, 9.17) is 0 Å². The second-order valence-electron chi connectivity index (χ2n) is 6.07. The lowest BCUT2D eigenvalue weighted by Gasteiger charge is -2.17. The van der Waals surface area contributed by atoms with E-state index in [1.54, 1.807) is 0 Å². The third-order valence-electron chi connectivity index (χ3n) is 4.37. The van der Waals surface area contributed by atoms with Gasteiger partial charge in [-0.15, -0.1) is 0 Å². The van der Waals surface area contributed by atoms with Crippen LogP contribution in [0.2, 0.25) is 0 Å². The molecule has 0 spiro atoms. The summed E-state index contributed by atoms with van der Waals surface area (Å²) in [5.41, 5.74) is 6.34. The van der Waals surface area contributed by atoms with Gasteiger partial charge in [-0.05, 0) is 41.6 Å². The van der Waals surface area contributed by atoms with E-state index in [0.717, 1.165) is 0 Å². The first-order chi connectivity index (χ1) is 11.3. The van der Waals surface area contributed by atoms with Crippen molar-refractivity contribution in [3.05, 3.63) is 107 Å². The minimum absolute atomic E-state index is 0.227. The number of hydrogen-bond acceptors (Lipinski definition) is 0. The largest absolute Gasteiger partial charge is 0.358 e. The third kappa shape index (κ3) is 2.66. The van der Waals surface area contributed by atoms with Gasteiger partial charge in [-0.25, -0.2) is 0 Å². The van der Waals surface area contributed by atoms with Crippen molar-refractivity contribution in [3.8, 4) is 0 Å². The summed E-state index contributed by atoms with van der Waals surface area (Å²) in [5, 5.41) is 1.27. The summed E-state index contributed by atoms with van der Waals surface area (Å²) in [4.78, 5) is 3.62. The van der Waals surface area contributed by atoms with E-state index in [1.807, 2.05) is 0 Å². The molecule has 0 amide bonds. The van der Waals surface area contributed by atoms with Crippen LogP contribution in [0.3, 0.4) is 0 Å². The topological polar surface area (TPSA) is 15.8 Å². The minimum Gasteiger partial charge on any atom is -0.358 e. The number of aromatic nitrogens is 1. The molecule has 1 heteroatoms. The van der Waals surface area contributed by atoms with Crippen molar-refractivity contribution in [2.24, 2.45) is 0 Å². The summed E-state index contributed by atoms with van der Waals surface area (Å²) < 4.78 is 0. The second kappa shape index (κ2) is 5.77. The lowest BCUT2D eigenvalue weighted by molar-refractivity contribution is 0.939. The van der Waals surface area contributed by atoms with Crippen LogP contribution in [0.5, 0.6) is 0 Å². The van der Waals surface area contributed by atoms with Crippen LogP contribution in [-0.2, 0) is 0 Å². The normalized spacial score (nSPS) is 11.2. The highest BCUT2D eigenvalue weighted by molar-refractivity contribution is 5.81. The smallest absolute Gasteiger partial charge is 0.0491 e. The van der Waals surface area contributed by atoms with Gasteiger partial charge < -0.3 is 4.98 Å². The highest BCUT2D eigenvalue weighted by Crippen LogP contribution is 2.33. The quantitative estimate of drug-likeness (QED) is 0.502. The van der Waals surface area contributed by atoms with Gasteiger partial charge in [-0.3, -0.25) is 0 Å². The van der Waals surface area contributed by atoms with Crippen molar-refractivity contribution in [2.45, 2.75) is 12.8 Å². The third-order valence-corrected chi connectivity index (χ3v) is 4.37. The monoisotopic (exact) mass is 297 g/mol. The molecule has 0 aliphatic carbocycles. The number of hydrogen-bond donors (Lipinski definition) is 1. The molecule has 1 aromatic heterocycles. The van der Waals surface area contributed by atoms with Crippen LogP contribution in [0, 0.1) is 6.92 Å². The second-order valence-corrected chi connectivity index (χ2v) is 6.07. The number of rotatable bonds is 3. The van der Waals surface area contributed by atoms with Crippen LogP contribution in [0.25, 0.3) is 10.9 Å². The fourth-order valence-electron chi connectivity index (χ4n) is 3.27. The SMILES string of the molecule is Cc1ccc2[nH]c(C(c3ccccc3)c3ccccc3)cc2c1. The molecule has 4 aromatic rings. The van der Waals surface area contributed by atoms with Crippen molar-refractivity contribution >= 4 is 10.9 Å². The molecule has 0 fully saturated rings. The van der Waals surface area contributed by atoms with E-state index in [2.05, 4.69) is 96.8 Å². The Hall–Kier alpha value is -2.80. The maximum atomic E-state index is 3.62. The number of fused-ring (bicyclic) bond motifs is 1. The average molecular weight is 297 g/mol. The summed E-state index contributed by atoms with van der Waals surface area (Å²) in [7, 11) is 0. The zero-order chi connectivity index (χ0) is 15.6. The molecule has 0 saturated heterocycles. The molecule has 0 bridgehead atoms. The molecule has 0 radical (unpaired) electrons. The summed E-state index contributed by atoms with van der Waals surface area (Å²) in [6.07, 6.45) is 0. The molecule has 1 N–H and O–H groups in total. The maximum Gasteiger partial charge on any atom is 0.0491 e. The molecular weight excluding hydrogens is 278 g/mol. The Bertz CT molecular complexity index is 881. The summed E-state index contributed by atoms with van der Waals surface area (Å²) in [6.45, 7) is 2.14. The van der Waals surface area contributed by atoms with Crippen LogP contribution in [-0.4, -0.2) is 4.98 Å². The summed E-state index contributed by atoms with van der Waals surface area (Å²) >= 11 is 0. The predicted octanol–water partition coefficient (Wildman–Crippen LogP) is 5.66. The first-order valence-corrected chi connectivity index (χ1v) is 8.00. The number of nitrogens with one attached hydrogen (secondary N) is 1. The number of H-pyrrole nitrogens is 1. The van der Waals surface area contributed by atoms with Crippen LogP contribution in [0.15, 0.2) is 84.9 Å². The molecule has 3 aromatic carbocycles. The van der Waals surface area contributed by atoms with E-state index in [9.17, 15) is 0 Å². The van der Waals surface area contributed by atoms with Gasteiger partial charge >= 0.3 is 0 Å². The number of benzene rings is 3. The summed E-state index contributed by atoms with van der Waals surface area (Å²) in [5.74, 6) is 0.227. The Labute approximate surface area is 136 Å². The van der Waals surface area contributed by atoms with E-state index < -0.39 is 0 Å². The highest BCUT2D eigenvalue weighted by Gasteiger charge is 2.18. The number of aryl methyl sites for hydroxylation is 1. The Morgan fingerprint density at radius 2 is 1.30 bits per heavy atom. The molecular formula is C22H19N. The molecule has 0 unspecified atom stereocenters. The Morgan fingerprint density at radius 3 is 1.91 bits per heavy atom. The molecule has 1 nitrogen and oxygen atoms in total. The van der Waals surface area contributed by atoms with Gasteiger partial charge in [-0.1, -0.05) is 72.3 Å². The number of aromatic amines is 1. The highest BCUT2D eigenvalue weighted by atomic mass is 14.7. The average Bonchev–Trinajstić information content (AvgIpc) is 2.99. The zero-order valence-electron chi connectivity index (χ0n) is 13.2. The lowest BCUT2D eigenvalue weighted by Crippen LogP contribution is -2.03. The van der Waals surface area contributed by atoms with E-state index in [0.29, 0.717) is 0 Å². The van der Waals surface area contributed by atoms with Gasteiger partial charge in [0.05, 0.1) is 0 Å².